The number of unbranched alkanes of at least 4 members (excludes halogenated alkanes) is 15. The van der Waals surface area contributed by atoms with Crippen LogP contribution in [0, 0.1) is 0 Å². The van der Waals surface area contributed by atoms with Gasteiger partial charge in [-0.2, -0.15) is 0 Å². The Labute approximate surface area is 421 Å². The lowest BCUT2D eigenvalue weighted by molar-refractivity contribution is -0.379. The van der Waals surface area contributed by atoms with E-state index in [1.807, 2.05) is 0 Å². The van der Waals surface area contributed by atoms with Gasteiger partial charge in [0, 0.05) is 6.42 Å². The molecular formula is C52H93NO18. The summed E-state index contributed by atoms with van der Waals surface area (Å²) in [6.07, 6.45) is 8.31. The minimum absolute atomic E-state index is 0.254. The predicted octanol–water partition coefficient (Wildman–Crippen LogP) is 2.59. The summed E-state index contributed by atoms with van der Waals surface area (Å²) in [4.78, 5) is 13.2. The fourth-order valence-corrected chi connectivity index (χ4v) is 9.03. The van der Waals surface area contributed by atoms with Crippen molar-refractivity contribution in [3.8, 4) is 0 Å². The van der Waals surface area contributed by atoms with Gasteiger partial charge in [-0.1, -0.05) is 140 Å². The van der Waals surface area contributed by atoms with Crippen molar-refractivity contribution in [1.82, 2.24) is 5.32 Å². The third-order valence-electron chi connectivity index (χ3n) is 13.5. The highest BCUT2D eigenvalue weighted by molar-refractivity contribution is 5.76. The molecule has 19 heteroatoms. The van der Waals surface area contributed by atoms with Gasteiger partial charge in [-0.25, -0.2) is 0 Å². The molecule has 71 heavy (non-hydrogen) atoms. The van der Waals surface area contributed by atoms with Crippen molar-refractivity contribution in [2.45, 2.75) is 259 Å². The number of allylic oxidation sites excluding steroid dienone is 6. The number of hydrogen-bond donors (Lipinski definition) is 12. The Morgan fingerprint density at radius 3 is 1.52 bits per heavy atom. The van der Waals surface area contributed by atoms with E-state index in [2.05, 4.69) is 55.6 Å². The van der Waals surface area contributed by atoms with E-state index in [4.69, 9.17) is 28.4 Å². The lowest BCUT2D eigenvalue weighted by Crippen LogP contribution is -2.66. The van der Waals surface area contributed by atoms with Crippen molar-refractivity contribution in [3.63, 3.8) is 0 Å². The summed E-state index contributed by atoms with van der Waals surface area (Å²) < 4.78 is 34.1. The van der Waals surface area contributed by atoms with E-state index in [-0.39, 0.29) is 18.9 Å². The fourth-order valence-electron chi connectivity index (χ4n) is 9.03. The summed E-state index contributed by atoms with van der Waals surface area (Å²) in [5.74, 6) is -0.258. The molecule has 0 saturated carbocycles. The van der Waals surface area contributed by atoms with E-state index < -0.39 is 124 Å². The normalized spacial score (nSPS) is 32.5. The summed E-state index contributed by atoms with van der Waals surface area (Å²) in [7, 11) is 0. The molecule has 0 aliphatic carbocycles. The Morgan fingerprint density at radius 1 is 0.521 bits per heavy atom. The molecule has 19 nitrogen and oxygen atoms in total. The molecule has 0 aromatic rings. The van der Waals surface area contributed by atoms with Crippen molar-refractivity contribution >= 4 is 5.91 Å². The maximum Gasteiger partial charge on any atom is 0.220 e. The number of carbonyl (C=O) groups is 1. The summed E-state index contributed by atoms with van der Waals surface area (Å²) >= 11 is 0. The van der Waals surface area contributed by atoms with E-state index in [0.29, 0.717) is 12.8 Å². The Bertz CT molecular complexity index is 1450. The molecular weight excluding hydrogens is 927 g/mol. The first-order valence-electron chi connectivity index (χ1n) is 26.7. The van der Waals surface area contributed by atoms with Crippen LogP contribution in [0.1, 0.15) is 155 Å². The van der Waals surface area contributed by atoms with E-state index in [1.54, 1.807) is 0 Å². The molecule has 414 valence electrons. The zero-order chi connectivity index (χ0) is 52.0. The zero-order valence-electron chi connectivity index (χ0n) is 42.4. The molecule has 0 aromatic carbocycles. The number of carbonyl (C=O) groups excluding carboxylic acids is 1. The molecule has 17 unspecified atom stereocenters. The van der Waals surface area contributed by atoms with Gasteiger partial charge in [0.25, 0.3) is 0 Å². The minimum Gasteiger partial charge on any atom is -0.394 e. The maximum atomic E-state index is 13.2. The molecule has 0 bridgehead atoms. The van der Waals surface area contributed by atoms with Crippen LogP contribution in [0.5, 0.6) is 0 Å². The molecule has 3 rings (SSSR count). The van der Waals surface area contributed by atoms with Gasteiger partial charge in [-0.3, -0.25) is 4.79 Å². The minimum atomic E-state index is -1.97. The van der Waals surface area contributed by atoms with Gasteiger partial charge in [-0.05, 0) is 44.9 Å². The van der Waals surface area contributed by atoms with Crippen LogP contribution < -0.4 is 5.32 Å². The van der Waals surface area contributed by atoms with E-state index in [0.717, 1.165) is 89.9 Å². The number of rotatable bonds is 37. The lowest BCUT2D eigenvalue weighted by atomic mass is 9.96. The van der Waals surface area contributed by atoms with Gasteiger partial charge in [0.2, 0.25) is 5.91 Å². The van der Waals surface area contributed by atoms with Crippen molar-refractivity contribution in [2.75, 3.05) is 26.4 Å². The Kier molecular flexibility index (Phi) is 32.9. The first kappa shape index (κ1) is 63.3. The first-order valence-corrected chi connectivity index (χ1v) is 26.7. The third kappa shape index (κ3) is 22.4. The standard InChI is InChI=1S/C52H93NO18/c1-3-5-7-9-11-13-14-15-16-17-18-19-20-22-24-26-28-30-40(58)53-35(36(57)29-27-25-23-21-12-10-8-6-4-2)34-66-50-46(64)43(61)48(38(32-55)68-50)71-52-47(65)44(62)49(39(33-56)69-52)70-51-45(63)42(60)41(59)37(31-54)67-51/h5,7,11,13,15-16,35-39,41-52,54-57,59-65H,3-4,6,8-10,12,14,17-34H2,1-2H3,(H,53,58)/b7-5-,13-11-,16-15-. The maximum absolute atomic E-state index is 13.2. The molecule has 17 atom stereocenters. The average molecular weight is 1020 g/mol. The molecule has 3 saturated heterocycles. The van der Waals surface area contributed by atoms with Crippen molar-refractivity contribution < 1.29 is 89.4 Å². The summed E-state index contributed by atoms with van der Waals surface area (Å²) in [5, 5.41) is 120. The molecule has 1 amide bonds. The highest BCUT2D eigenvalue weighted by Gasteiger charge is 2.53. The monoisotopic (exact) mass is 1020 g/mol. The predicted molar refractivity (Wildman–Crippen MR) is 263 cm³/mol. The second-order valence-corrected chi connectivity index (χ2v) is 19.3. The second kappa shape index (κ2) is 36.9. The van der Waals surface area contributed by atoms with Gasteiger partial charge in [0.15, 0.2) is 18.9 Å². The third-order valence-corrected chi connectivity index (χ3v) is 13.5. The van der Waals surface area contributed by atoms with Crippen LogP contribution in [0.3, 0.4) is 0 Å². The summed E-state index contributed by atoms with van der Waals surface area (Å²) in [5.41, 5.74) is 0. The van der Waals surface area contributed by atoms with Crippen LogP contribution in [-0.4, -0.2) is 193 Å². The van der Waals surface area contributed by atoms with Crippen molar-refractivity contribution in [1.29, 1.82) is 0 Å². The molecule has 0 radical (unpaired) electrons. The molecule has 3 heterocycles. The quantitative estimate of drug-likeness (QED) is 0.0314. The largest absolute Gasteiger partial charge is 0.394 e. The van der Waals surface area contributed by atoms with Crippen LogP contribution in [0.25, 0.3) is 0 Å². The first-order chi connectivity index (χ1) is 34.3. The van der Waals surface area contributed by atoms with E-state index in [9.17, 15) is 61.0 Å². The van der Waals surface area contributed by atoms with Gasteiger partial charge in [0.05, 0.1) is 38.6 Å². The molecule has 3 aliphatic rings. The Morgan fingerprint density at radius 2 is 0.972 bits per heavy atom. The van der Waals surface area contributed by atoms with Crippen LogP contribution in [0.4, 0.5) is 0 Å². The van der Waals surface area contributed by atoms with Gasteiger partial charge in [0.1, 0.15) is 73.2 Å². The van der Waals surface area contributed by atoms with Crippen LogP contribution in [0.2, 0.25) is 0 Å². The smallest absolute Gasteiger partial charge is 0.220 e. The molecule has 3 fully saturated rings. The molecule has 3 aliphatic heterocycles. The van der Waals surface area contributed by atoms with E-state index in [1.165, 1.54) is 32.1 Å². The number of aliphatic hydroxyl groups is 11. The molecule has 0 spiro atoms. The van der Waals surface area contributed by atoms with Crippen molar-refractivity contribution in [2.24, 2.45) is 0 Å². The highest BCUT2D eigenvalue weighted by atomic mass is 16.8. The zero-order valence-corrected chi connectivity index (χ0v) is 42.4. The summed E-state index contributed by atoms with van der Waals surface area (Å²) in [6.45, 7) is 1.60. The number of aliphatic hydroxyl groups excluding tert-OH is 11. The summed E-state index contributed by atoms with van der Waals surface area (Å²) in [6, 6.07) is -0.889. The van der Waals surface area contributed by atoms with Crippen molar-refractivity contribution in [3.05, 3.63) is 36.5 Å². The fraction of sp³-hybridized carbons (Fsp3) is 0.865. The van der Waals surface area contributed by atoms with Gasteiger partial charge >= 0.3 is 0 Å². The Hall–Kier alpha value is -1.99. The van der Waals surface area contributed by atoms with E-state index >= 15 is 0 Å². The molecule has 0 aromatic heterocycles. The van der Waals surface area contributed by atoms with Crippen LogP contribution in [-0.2, 0) is 33.2 Å². The SMILES string of the molecule is CC/C=C\C/C=C\C/C=C\CCCCCCCCCC(=O)NC(COC1OC(CO)C(OC2OC(CO)C(OC3OC(CO)C(O)C(O)C3O)C(O)C2O)C(O)C1O)C(O)CCCCCCCCCCC. The highest BCUT2D eigenvalue weighted by Crippen LogP contribution is 2.33. The number of hydrogen-bond acceptors (Lipinski definition) is 18. The number of nitrogens with one attached hydrogen (secondary N) is 1. The Balaban J connectivity index is 1.52. The van der Waals surface area contributed by atoms with Gasteiger partial charge < -0.3 is 89.9 Å². The topological polar surface area (TPSA) is 307 Å². The lowest BCUT2D eigenvalue weighted by Gasteiger charge is -2.48. The number of ether oxygens (including phenoxy) is 6. The van der Waals surface area contributed by atoms with Gasteiger partial charge in [-0.15, -0.1) is 0 Å². The van der Waals surface area contributed by atoms with Crippen LogP contribution >= 0.6 is 0 Å². The molecule has 12 N–H and O–H groups in total. The van der Waals surface area contributed by atoms with Crippen LogP contribution in [0.15, 0.2) is 36.5 Å². The number of amides is 1. The average Bonchev–Trinajstić information content (AvgIpc) is 3.36. The second-order valence-electron chi connectivity index (χ2n) is 19.3.